The number of rotatable bonds is 6. The number of nitrogens with one attached hydrogen (secondary N) is 1. The van der Waals surface area contributed by atoms with Gasteiger partial charge in [-0.25, -0.2) is 14.2 Å². The molecule has 0 atom stereocenters. The molecule has 168 valence electrons. The number of carbonyl (C=O) groups is 1. The number of nitrogens with zero attached hydrogens (tertiary/aromatic N) is 2. The van der Waals surface area contributed by atoms with E-state index in [1.54, 1.807) is 12.1 Å². The highest BCUT2D eigenvalue weighted by Crippen LogP contribution is 2.36. The monoisotopic (exact) mass is 515 g/mol. The Bertz CT molecular complexity index is 1470. The summed E-state index contributed by atoms with van der Waals surface area (Å²) in [4.78, 5) is 17.6. The van der Waals surface area contributed by atoms with Crippen molar-refractivity contribution >= 4 is 33.4 Å². The molecule has 0 bridgehead atoms. The molecule has 5 nitrogen and oxygen atoms in total. The largest absolute Gasteiger partial charge is 0.422 e. The number of hydrogen-bond donors (Lipinski definition) is 1. The molecule has 3 aromatic carbocycles. The van der Waals surface area contributed by atoms with Crippen LogP contribution in [0.25, 0.3) is 16.9 Å². The van der Waals surface area contributed by atoms with Gasteiger partial charge in [-0.2, -0.15) is 0 Å². The number of pyridine rings is 1. The highest BCUT2D eigenvalue weighted by molar-refractivity contribution is 9.10. The summed E-state index contributed by atoms with van der Waals surface area (Å²) in [5, 5.41) is 3.49. The molecule has 0 aliphatic rings. The molecule has 2 heterocycles. The van der Waals surface area contributed by atoms with Gasteiger partial charge in [0.05, 0.1) is 5.56 Å². The van der Waals surface area contributed by atoms with E-state index in [-0.39, 0.29) is 5.56 Å². The molecular formula is C27H19BrFN3O2. The Morgan fingerprint density at radius 3 is 2.47 bits per heavy atom. The van der Waals surface area contributed by atoms with Gasteiger partial charge in [-0.3, -0.25) is 4.40 Å². The lowest BCUT2D eigenvalue weighted by Crippen LogP contribution is -2.09. The third-order valence-electron chi connectivity index (χ3n) is 5.31. The molecule has 2 aromatic heterocycles. The Balaban J connectivity index is 1.55. The van der Waals surface area contributed by atoms with Gasteiger partial charge >= 0.3 is 5.97 Å². The predicted molar refractivity (Wildman–Crippen MR) is 133 cm³/mol. The molecular weight excluding hydrogens is 497 g/mol. The van der Waals surface area contributed by atoms with E-state index in [0.717, 1.165) is 21.5 Å². The summed E-state index contributed by atoms with van der Waals surface area (Å²) in [6.07, 6.45) is 1.94. The van der Waals surface area contributed by atoms with Crippen LogP contribution < -0.4 is 10.1 Å². The third kappa shape index (κ3) is 4.56. The summed E-state index contributed by atoms with van der Waals surface area (Å²) in [6.45, 7) is 0.589. The van der Waals surface area contributed by atoms with Crippen molar-refractivity contribution in [3.63, 3.8) is 0 Å². The van der Waals surface area contributed by atoms with E-state index < -0.39 is 11.8 Å². The second-order valence-electron chi connectivity index (χ2n) is 7.62. The standard InChI is InChI=1S/C27H19BrFN3O2/c28-20-12-15-24-31-25(26(32(24)17-20)30-16-18-6-2-1-3-7-18)22-8-4-5-9-23(22)34-27(33)19-10-13-21(29)14-11-19/h1-15,17,30H,16H2. The first-order chi connectivity index (χ1) is 16.6. The molecule has 0 amide bonds. The number of esters is 1. The molecule has 1 N–H and O–H groups in total. The summed E-state index contributed by atoms with van der Waals surface area (Å²) < 4.78 is 21.8. The number of fused-ring (bicyclic) bond motifs is 1. The van der Waals surface area contributed by atoms with Gasteiger partial charge in [-0.05, 0) is 70.0 Å². The summed E-state index contributed by atoms with van der Waals surface area (Å²) in [6, 6.07) is 26.4. The zero-order valence-electron chi connectivity index (χ0n) is 17.9. The molecule has 5 rings (SSSR count). The van der Waals surface area contributed by atoms with Crippen LogP contribution in [0.1, 0.15) is 15.9 Å². The number of aromatic nitrogens is 2. The molecule has 0 spiro atoms. The highest BCUT2D eigenvalue weighted by Gasteiger charge is 2.20. The van der Waals surface area contributed by atoms with Gasteiger partial charge in [0.2, 0.25) is 0 Å². The van der Waals surface area contributed by atoms with Crippen LogP contribution in [0, 0.1) is 5.82 Å². The predicted octanol–water partition coefficient (Wildman–Crippen LogP) is 6.73. The lowest BCUT2D eigenvalue weighted by molar-refractivity contribution is 0.0735. The van der Waals surface area contributed by atoms with Gasteiger partial charge in [0.25, 0.3) is 0 Å². The molecule has 7 heteroatoms. The molecule has 0 saturated carbocycles. The van der Waals surface area contributed by atoms with Gasteiger partial charge in [0, 0.05) is 22.8 Å². The number of ether oxygens (including phenoxy) is 1. The summed E-state index contributed by atoms with van der Waals surface area (Å²) >= 11 is 3.53. The number of imidazole rings is 1. The van der Waals surface area contributed by atoms with Gasteiger partial charge in [0.15, 0.2) is 0 Å². The van der Waals surface area contributed by atoms with Crippen LogP contribution in [0.5, 0.6) is 5.75 Å². The maximum atomic E-state index is 13.3. The molecule has 0 radical (unpaired) electrons. The SMILES string of the molecule is O=C(Oc1ccccc1-c1nc2ccc(Br)cn2c1NCc1ccccc1)c1ccc(F)cc1. The van der Waals surface area contributed by atoms with Crippen LogP contribution in [0.2, 0.25) is 0 Å². The molecule has 0 saturated heterocycles. The van der Waals surface area contributed by atoms with Crippen molar-refractivity contribution in [2.75, 3.05) is 5.32 Å². The zero-order chi connectivity index (χ0) is 23.5. The number of hydrogen-bond acceptors (Lipinski definition) is 4. The Labute approximate surface area is 204 Å². The minimum atomic E-state index is -0.572. The van der Waals surface area contributed by atoms with Gasteiger partial charge in [-0.15, -0.1) is 0 Å². The fraction of sp³-hybridized carbons (Fsp3) is 0.0370. The van der Waals surface area contributed by atoms with Crippen LogP contribution in [-0.2, 0) is 6.54 Å². The van der Waals surface area contributed by atoms with E-state index >= 15 is 0 Å². The lowest BCUT2D eigenvalue weighted by atomic mass is 10.1. The maximum absolute atomic E-state index is 13.3. The summed E-state index contributed by atoms with van der Waals surface area (Å²) in [5.41, 5.74) is 3.44. The van der Waals surface area contributed by atoms with Gasteiger partial charge in [-0.1, -0.05) is 42.5 Å². The third-order valence-corrected chi connectivity index (χ3v) is 5.78. The fourth-order valence-electron chi connectivity index (χ4n) is 3.65. The van der Waals surface area contributed by atoms with Crippen molar-refractivity contribution < 1.29 is 13.9 Å². The number of carbonyl (C=O) groups excluding carboxylic acids is 1. The van der Waals surface area contributed by atoms with Crippen LogP contribution in [0.3, 0.4) is 0 Å². The zero-order valence-corrected chi connectivity index (χ0v) is 19.5. The lowest BCUT2D eigenvalue weighted by Gasteiger charge is -2.12. The normalized spacial score (nSPS) is 10.9. The van der Waals surface area contributed by atoms with Gasteiger partial charge in [0.1, 0.15) is 28.7 Å². The van der Waals surface area contributed by atoms with E-state index in [4.69, 9.17) is 9.72 Å². The van der Waals surface area contributed by atoms with Gasteiger partial charge < -0.3 is 10.1 Å². The van der Waals surface area contributed by atoms with Crippen LogP contribution in [-0.4, -0.2) is 15.4 Å². The van der Waals surface area contributed by atoms with Crippen molar-refractivity contribution in [1.82, 2.24) is 9.38 Å². The molecule has 0 aliphatic carbocycles. The van der Waals surface area contributed by atoms with Crippen LogP contribution >= 0.6 is 15.9 Å². The van der Waals surface area contributed by atoms with E-state index in [9.17, 15) is 9.18 Å². The first kappa shape index (κ1) is 21.9. The molecule has 0 unspecified atom stereocenters. The van der Waals surface area contributed by atoms with E-state index in [1.165, 1.54) is 24.3 Å². The first-order valence-electron chi connectivity index (χ1n) is 10.6. The molecule has 0 fully saturated rings. The number of benzene rings is 3. The Morgan fingerprint density at radius 2 is 1.68 bits per heavy atom. The second-order valence-corrected chi connectivity index (χ2v) is 8.53. The Kier molecular flexibility index (Phi) is 6.10. The quantitative estimate of drug-likeness (QED) is 0.201. The minimum absolute atomic E-state index is 0.262. The van der Waals surface area contributed by atoms with Crippen molar-refractivity contribution in [1.29, 1.82) is 0 Å². The van der Waals surface area contributed by atoms with Crippen molar-refractivity contribution in [3.05, 3.63) is 119 Å². The average molecular weight is 516 g/mol. The minimum Gasteiger partial charge on any atom is -0.422 e. The van der Waals surface area contributed by atoms with E-state index in [1.807, 2.05) is 65.2 Å². The molecule has 0 aliphatic heterocycles. The molecule has 5 aromatic rings. The Hall–Kier alpha value is -3.97. The molecule has 34 heavy (non-hydrogen) atoms. The van der Waals surface area contributed by atoms with E-state index in [0.29, 0.717) is 23.6 Å². The van der Waals surface area contributed by atoms with Crippen molar-refractivity contribution in [2.24, 2.45) is 0 Å². The van der Waals surface area contributed by atoms with Crippen LogP contribution in [0.15, 0.2) is 102 Å². The second kappa shape index (κ2) is 9.49. The van der Waals surface area contributed by atoms with Crippen molar-refractivity contribution in [3.8, 4) is 17.0 Å². The topological polar surface area (TPSA) is 55.6 Å². The number of anilines is 1. The Morgan fingerprint density at radius 1 is 0.941 bits per heavy atom. The summed E-state index contributed by atoms with van der Waals surface area (Å²) in [5.74, 6) is 0.146. The number of halogens is 2. The highest BCUT2D eigenvalue weighted by atomic mass is 79.9. The smallest absolute Gasteiger partial charge is 0.343 e. The van der Waals surface area contributed by atoms with Crippen LogP contribution in [0.4, 0.5) is 10.2 Å². The first-order valence-corrected chi connectivity index (χ1v) is 11.4. The average Bonchev–Trinajstić information content (AvgIpc) is 3.21. The maximum Gasteiger partial charge on any atom is 0.343 e. The van der Waals surface area contributed by atoms with E-state index in [2.05, 4.69) is 21.2 Å². The fourth-order valence-corrected chi connectivity index (χ4v) is 3.99. The van der Waals surface area contributed by atoms with Crippen molar-refractivity contribution in [2.45, 2.75) is 6.54 Å². The summed E-state index contributed by atoms with van der Waals surface area (Å²) in [7, 11) is 0. The number of para-hydroxylation sites is 1.